The fourth-order valence-electron chi connectivity index (χ4n) is 1.12. The number of carbonyl (C=O) groups is 1. The molecule has 1 aromatic rings. The molecular weight excluding hydrogens is 188 g/mol. The van der Waals surface area contributed by atoms with Crippen LogP contribution in [0.15, 0.2) is 6.20 Å². The second kappa shape index (κ2) is 2.99. The van der Waals surface area contributed by atoms with Gasteiger partial charge in [-0.3, -0.25) is 0 Å². The number of hydrogen-bond donors (Lipinski definition) is 2. The normalized spacial score (nSPS) is 25.6. The van der Waals surface area contributed by atoms with Crippen LogP contribution >= 0.6 is 11.3 Å². The van der Waals surface area contributed by atoms with Crippen molar-refractivity contribution in [2.45, 2.75) is 19.4 Å². The Hall–Kier alpha value is -1.10. The summed E-state index contributed by atoms with van der Waals surface area (Å²) in [6, 6.07) is 0.493. The van der Waals surface area contributed by atoms with E-state index in [0.29, 0.717) is 17.1 Å². The average molecular weight is 198 g/mol. The Morgan fingerprint density at radius 2 is 2.54 bits per heavy atom. The highest BCUT2D eigenvalue weighted by Gasteiger charge is 2.33. The number of carboxylic acid groups (broad SMARTS) is 1. The molecule has 0 spiro atoms. The molecule has 5 heteroatoms. The zero-order valence-electron chi connectivity index (χ0n) is 7.15. The lowest BCUT2D eigenvalue weighted by Crippen LogP contribution is -2.02. The summed E-state index contributed by atoms with van der Waals surface area (Å²) < 4.78 is 0. The molecule has 2 unspecified atom stereocenters. The van der Waals surface area contributed by atoms with Crippen molar-refractivity contribution < 1.29 is 9.90 Å². The average Bonchev–Trinajstić information content (AvgIpc) is 2.61. The Morgan fingerprint density at radius 1 is 1.85 bits per heavy atom. The predicted molar refractivity (Wildman–Crippen MR) is 50.3 cm³/mol. The minimum absolute atomic E-state index is 0.288. The molecule has 0 bridgehead atoms. The van der Waals surface area contributed by atoms with Gasteiger partial charge in [-0.25, -0.2) is 9.78 Å². The van der Waals surface area contributed by atoms with Gasteiger partial charge in [0.25, 0.3) is 0 Å². The van der Waals surface area contributed by atoms with Gasteiger partial charge in [-0.2, -0.15) is 0 Å². The number of nitrogens with zero attached hydrogens (tertiary/aromatic N) is 1. The zero-order valence-corrected chi connectivity index (χ0v) is 7.97. The van der Waals surface area contributed by atoms with E-state index in [1.165, 1.54) is 17.5 Å². The minimum atomic E-state index is -0.908. The maximum Gasteiger partial charge on any atom is 0.347 e. The third-order valence-electron chi connectivity index (χ3n) is 2.13. The first kappa shape index (κ1) is 8.50. The summed E-state index contributed by atoms with van der Waals surface area (Å²) >= 11 is 1.19. The van der Waals surface area contributed by atoms with E-state index in [4.69, 9.17) is 5.11 Å². The van der Waals surface area contributed by atoms with Gasteiger partial charge in [-0.15, -0.1) is 0 Å². The van der Waals surface area contributed by atoms with Gasteiger partial charge in [-0.1, -0.05) is 18.3 Å². The number of carboxylic acids is 1. The number of anilines is 1. The van der Waals surface area contributed by atoms with Gasteiger partial charge in [-0.05, 0) is 12.3 Å². The van der Waals surface area contributed by atoms with Crippen LogP contribution in [-0.4, -0.2) is 22.1 Å². The molecule has 2 rings (SSSR count). The largest absolute Gasteiger partial charge is 0.477 e. The highest BCUT2D eigenvalue weighted by Crippen LogP contribution is 2.33. The highest BCUT2D eigenvalue weighted by molar-refractivity contribution is 7.17. The van der Waals surface area contributed by atoms with Gasteiger partial charge in [0.05, 0.1) is 6.20 Å². The summed E-state index contributed by atoms with van der Waals surface area (Å²) in [5.41, 5.74) is 0. The van der Waals surface area contributed by atoms with Crippen LogP contribution in [-0.2, 0) is 0 Å². The van der Waals surface area contributed by atoms with Crippen LogP contribution in [0, 0.1) is 5.92 Å². The van der Waals surface area contributed by atoms with E-state index < -0.39 is 5.97 Å². The first-order chi connectivity index (χ1) is 6.16. The Labute approximate surface area is 79.6 Å². The molecule has 0 aliphatic heterocycles. The van der Waals surface area contributed by atoms with Crippen molar-refractivity contribution in [2.24, 2.45) is 5.92 Å². The van der Waals surface area contributed by atoms with Gasteiger partial charge in [0.1, 0.15) is 4.88 Å². The van der Waals surface area contributed by atoms with Crippen molar-refractivity contribution >= 4 is 22.4 Å². The molecule has 70 valence electrons. The van der Waals surface area contributed by atoms with Crippen LogP contribution in [0.4, 0.5) is 5.13 Å². The zero-order chi connectivity index (χ0) is 9.42. The van der Waals surface area contributed by atoms with E-state index in [-0.39, 0.29) is 4.88 Å². The predicted octanol–water partition coefficient (Wildman–Crippen LogP) is 1.66. The van der Waals surface area contributed by atoms with Gasteiger partial charge in [0.15, 0.2) is 5.13 Å². The molecule has 0 saturated heterocycles. The molecule has 1 heterocycles. The second-order valence-corrected chi connectivity index (χ2v) is 4.33. The Bertz CT molecular complexity index is 337. The molecule has 13 heavy (non-hydrogen) atoms. The van der Waals surface area contributed by atoms with E-state index in [2.05, 4.69) is 17.2 Å². The lowest BCUT2D eigenvalue weighted by molar-refractivity contribution is 0.0702. The summed E-state index contributed by atoms with van der Waals surface area (Å²) in [7, 11) is 0. The van der Waals surface area contributed by atoms with E-state index >= 15 is 0 Å². The summed E-state index contributed by atoms with van der Waals surface area (Å²) in [5, 5.41) is 12.5. The molecule has 1 fully saturated rings. The molecule has 1 aliphatic carbocycles. The van der Waals surface area contributed by atoms with Crippen molar-refractivity contribution in [1.82, 2.24) is 4.98 Å². The van der Waals surface area contributed by atoms with E-state index in [1.807, 2.05) is 0 Å². The lowest BCUT2D eigenvalue weighted by Gasteiger charge is -1.96. The minimum Gasteiger partial charge on any atom is -0.477 e. The Kier molecular flexibility index (Phi) is 1.95. The standard InChI is InChI=1S/C8H10N2O2S/c1-4-2-5(4)10-8-9-3-6(13-8)7(11)12/h3-5H,2H2,1H3,(H,9,10)(H,11,12). The molecule has 4 nitrogen and oxygen atoms in total. The summed E-state index contributed by atoms with van der Waals surface area (Å²) in [5.74, 6) is -0.216. The van der Waals surface area contributed by atoms with E-state index in [9.17, 15) is 4.79 Å². The van der Waals surface area contributed by atoms with Crippen molar-refractivity contribution in [2.75, 3.05) is 5.32 Å². The van der Waals surface area contributed by atoms with Gasteiger partial charge >= 0.3 is 5.97 Å². The fraction of sp³-hybridized carbons (Fsp3) is 0.500. The van der Waals surface area contributed by atoms with Gasteiger partial charge < -0.3 is 10.4 Å². The van der Waals surface area contributed by atoms with Gasteiger partial charge in [0, 0.05) is 6.04 Å². The first-order valence-corrected chi connectivity index (χ1v) is 4.94. The van der Waals surface area contributed by atoms with E-state index in [1.54, 1.807) is 0 Å². The number of aromatic carboxylic acids is 1. The van der Waals surface area contributed by atoms with Crippen molar-refractivity contribution in [3.8, 4) is 0 Å². The van der Waals surface area contributed by atoms with Crippen LogP contribution in [0.1, 0.15) is 23.0 Å². The molecule has 0 radical (unpaired) electrons. The third kappa shape index (κ3) is 1.80. The molecule has 2 N–H and O–H groups in total. The quantitative estimate of drug-likeness (QED) is 0.775. The third-order valence-corrected chi connectivity index (χ3v) is 3.05. The topological polar surface area (TPSA) is 62.2 Å². The molecule has 1 aliphatic rings. The highest BCUT2D eigenvalue weighted by atomic mass is 32.1. The molecule has 1 aromatic heterocycles. The molecule has 2 atom stereocenters. The molecule has 0 amide bonds. The number of thiazole rings is 1. The van der Waals surface area contributed by atoms with Crippen LogP contribution in [0.5, 0.6) is 0 Å². The summed E-state index contributed by atoms with van der Waals surface area (Å²) in [6.45, 7) is 2.16. The fourth-order valence-corrected chi connectivity index (χ4v) is 1.84. The van der Waals surface area contributed by atoms with E-state index in [0.717, 1.165) is 6.42 Å². The van der Waals surface area contributed by atoms with Crippen LogP contribution < -0.4 is 5.32 Å². The summed E-state index contributed by atoms with van der Waals surface area (Å²) in [6.07, 6.45) is 2.55. The van der Waals surface area contributed by atoms with Crippen molar-refractivity contribution in [3.05, 3.63) is 11.1 Å². The number of nitrogens with one attached hydrogen (secondary N) is 1. The monoisotopic (exact) mass is 198 g/mol. The smallest absolute Gasteiger partial charge is 0.347 e. The molecule has 1 saturated carbocycles. The van der Waals surface area contributed by atoms with Crippen LogP contribution in [0.2, 0.25) is 0 Å². The first-order valence-electron chi connectivity index (χ1n) is 4.12. The van der Waals surface area contributed by atoms with Crippen molar-refractivity contribution in [3.63, 3.8) is 0 Å². The van der Waals surface area contributed by atoms with Crippen LogP contribution in [0.25, 0.3) is 0 Å². The second-order valence-electron chi connectivity index (χ2n) is 3.30. The molecule has 0 aromatic carbocycles. The Morgan fingerprint density at radius 3 is 3.00 bits per heavy atom. The lowest BCUT2D eigenvalue weighted by atomic mass is 10.5. The molecular formula is C8H10N2O2S. The maximum absolute atomic E-state index is 10.5. The number of rotatable bonds is 3. The maximum atomic E-state index is 10.5. The summed E-state index contributed by atoms with van der Waals surface area (Å²) in [4.78, 5) is 14.8. The van der Waals surface area contributed by atoms with Crippen LogP contribution in [0.3, 0.4) is 0 Å². The number of aromatic nitrogens is 1. The SMILES string of the molecule is CC1CC1Nc1ncc(C(=O)O)s1. The van der Waals surface area contributed by atoms with Crippen molar-refractivity contribution in [1.29, 1.82) is 0 Å². The Balaban J connectivity index is 2.01. The van der Waals surface area contributed by atoms with Gasteiger partial charge in [0.2, 0.25) is 0 Å². The number of hydrogen-bond acceptors (Lipinski definition) is 4.